The van der Waals surface area contributed by atoms with E-state index in [4.69, 9.17) is 0 Å². The number of hydrogen-bond acceptors (Lipinski definition) is 5. The van der Waals surface area contributed by atoms with E-state index in [0.29, 0.717) is 17.7 Å². The Balaban J connectivity index is 1.79. The number of rotatable bonds is 6. The van der Waals surface area contributed by atoms with Crippen LogP contribution in [0.3, 0.4) is 0 Å². The van der Waals surface area contributed by atoms with E-state index in [9.17, 15) is 48.3 Å². The number of carbonyl (C=O) groups is 1. The van der Waals surface area contributed by atoms with Crippen LogP contribution in [0.15, 0.2) is 72.1 Å². The minimum Gasteiger partial charge on any atom is -0.340 e. The van der Waals surface area contributed by atoms with Gasteiger partial charge in [0.2, 0.25) is 5.91 Å². The highest BCUT2D eigenvalue weighted by molar-refractivity contribution is 7.92. The number of hydrogen-bond donors (Lipinski definition) is 0. The van der Waals surface area contributed by atoms with Gasteiger partial charge < -0.3 is 4.90 Å². The van der Waals surface area contributed by atoms with E-state index in [-0.39, 0.29) is 37.1 Å². The molecule has 0 aliphatic carbocycles. The van der Waals surface area contributed by atoms with Gasteiger partial charge in [-0.2, -0.15) is 26.3 Å². The number of carbonyl (C=O) groups excluding carboxylic acids is 1. The Morgan fingerprint density at radius 3 is 1.95 bits per heavy atom. The lowest BCUT2D eigenvalue weighted by atomic mass is 9.90. The lowest BCUT2D eigenvalue weighted by molar-refractivity contribution is -0.348. The highest BCUT2D eigenvalue weighted by Gasteiger charge is 2.73. The van der Waals surface area contributed by atoms with Gasteiger partial charge in [0.05, 0.1) is 11.3 Å². The second-order valence-corrected chi connectivity index (χ2v) is 11.4. The molecule has 0 radical (unpaired) electrons. The van der Waals surface area contributed by atoms with Crippen molar-refractivity contribution in [2.75, 3.05) is 13.1 Å². The third-order valence-electron chi connectivity index (χ3n) is 6.78. The Hall–Kier alpha value is -3.62. The first-order valence-corrected chi connectivity index (χ1v) is 13.0. The number of sulfone groups is 1. The van der Waals surface area contributed by atoms with Gasteiger partial charge in [0.25, 0.3) is 0 Å². The second kappa shape index (κ2) is 10.1. The Kier molecular flexibility index (Phi) is 7.41. The van der Waals surface area contributed by atoms with Gasteiger partial charge >= 0.3 is 18.0 Å². The molecule has 3 aromatic rings. The second-order valence-electron chi connectivity index (χ2n) is 9.17. The van der Waals surface area contributed by atoms with Crippen molar-refractivity contribution in [3.8, 4) is 0 Å². The molecule has 40 heavy (non-hydrogen) atoms. The van der Waals surface area contributed by atoms with Crippen LogP contribution in [0.2, 0.25) is 0 Å². The zero-order chi connectivity index (χ0) is 29.6. The molecule has 1 fully saturated rings. The molecule has 1 aliphatic heterocycles. The van der Waals surface area contributed by atoms with Crippen molar-refractivity contribution in [2.24, 2.45) is 0 Å². The van der Waals surface area contributed by atoms with Crippen LogP contribution in [0.1, 0.15) is 23.1 Å². The molecule has 6 nitrogen and oxygen atoms in total. The van der Waals surface area contributed by atoms with Gasteiger partial charge in [-0.3, -0.25) is 4.79 Å². The molecular formula is C25H19F8N3O3S. The van der Waals surface area contributed by atoms with Crippen molar-refractivity contribution in [2.45, 2.75) is 40.5 Å². The van der Waals surface area contributed by atoms with Crippen molar-refractivity contribution >= 4 is 15.7 Å². The van der Waals surface area contributed by atoms with Crippen LogP contribution in [0, 0.1) is 5.82 Å². The molecule has 2 aromatic carbocycles. The number of aromatic nitrogens is 2. The molecule has 15 heteroatoms. The fourth-order valence-corrected chi connectivity index (χ4v) is 6.72. The fraction of sp³-hybridized carbons (Fsp3) is 0.320. The summed E-state index contributed by atoms with van der Waals surface area (Å²) in [5.41, 5.74) is -7.36. The third-order valence-corrected chi connectivity index (χ3v) is 9.27. The number of likely N-dealkylation sites (tertiary alicyclic amines) is 1. The van der Waals surface area contributed by atoms with Gasteiger partial charge in [0.15, 0.2) is 9.84 Å². The summed E-state index contributed by atoms with van der Waals surface area (Å²) < 4.78 is 133. The van der Waals surface area contributed by atoms with E-state index in [1.54, 1.807) is 0 Å². The lowest BCUT2D eigenvalue weighted by Gasteiger charge is -2.32. The minimum absolute atomic E-state index is 0.146. The molecule has 2 heterocycles. The predicted molar refractivity (Wildman–Crippen MR) is 124 cm³/mol. The first-order chi connectivity index (χ1) is 18.5. The number of nitrogens with zero attached hydrogens (tertiary/aromatic N) is 3. The van der Waals surface area contributed by atoms with Crippen molar-refractivity contribution in [1.29, 1.82) is 0 Å². The van der Waals surface area contributed by atoms with E-state index in [1.807, 2.05) is 0 Å². The van der Waals surface area contributed by atoms with Gasteiger partial charge in [-0.15, -0.1) is 0 Å². The van der Waals surface area contributed by atoms with Gasteiger partial charge in [-0.25, -0.2) is 27.2 Å². The van der Waals surface area contributed by atoms with Crippen LogP contribution in [0.4, 0.5) is 35.1 Å². The van der Waals surface area contributed by atoms with E-state index in [0.717, 1.165) is 24.3 Å². The Morgan fingerprint density at radius 2 is 1.43 bits per heavy atom. The van der Waals surface area contributed by atoms with Crippen molar-refractivity contribution in [1.82, 2.24) is 14.9 Å². The van der Waals surface area contributed by atoms with Crippen molar-refractivity contribution in [3.05, 3.63) is 89.8 Å². The highest BCUT2D eigenvalue weighted by atomic mass is 32.2. The summed E-state index contributed by atoms with van der Waals surface area (Å²) in [6, 6.07) is 5.41. The van der Waals surface area contributed by atoms with Gasteiger partial charge in [0, 0.05) is 31.0 Å². The summed E-state index contributed by atoms with van der Waals surface area (Å²) in [7, 11) is -4.54. The molecule has 1 aromatic heterocycles. The largest absolute Gasteiger partial charge is 0.435 e. The van der Waals surface area contributed by atoms with Crippen molar-refractivity contribution < 1.29 is 48.3 Å². The SMILES string of the molecule is O=C(Cc1cncnc1)N1CC[C@](c2ccc(C(F)(C(F)(F)F)C(F)(F)F)cc2)(S(=O)(=O)c2ccc(F)cc2)C1. The van der Waals surface area contributed by atoms with Crippen LogP contribution in [0.5, 0.6) is 0 Å². The minimum atomic E-state index is -6.36. The predicted octanol–water partition coefficient (Wildman–Crippen LogP) is 5.05. The molecule has 1 aliphatic rings. The zero-order valence-electron chi connectivity index (χ0n) is 20.2. The number of halogens is 8. The average molecular weight is 593 g/mol. The van der Waals surface area contributed by atoms with Gasteiger partial charge in [-0.1, -0.05) is 24.3 Å². The Morgan fingerprint density at radius 1 is 0.875 bits per heavy atom. The van der Waals surface area contributed by atoms with Crippen LogP contribution in [-0.4, -0.2) is 54.6 Å². The van der Waals surface area contributed by atoms with E-state index < -0.39 is 61.3 Å². The van der Waals surface area contributed by atoms with Crippen LogP contribution >= 0.6 is 0 Å². The van der Waals surface area contributed by atoms with Crippen LogP contribution < -0.4 is 0 Å². The third kappa shape index (κ3) is 4.90. The van der Waals surface area contributed by atoms with Gasteiger partial charge in [-0.05, 0) is 41.8 Å². The average Bonchev–Trinajstić information content (AvgIpc) is 3.36. The molecule has 0 spiro atoms. The summed E-state index contributed by atoms with van der Waals surface area (Å²) in [5, 5.41) is 0. The first-order valence-electron chi connectivity index (χ1n) is 11.5. The fourth-order valence-electron chi connectivity index (χ4n) is 4.64. The van der Waals surface area contributed by atoms with Gasteiger partial charge in [0.1, 0.15) is 16.9 Å². The van der Waals surface area contributed by atoms with Crippen LogP contribution in [-0.2, 0) is 31.5 Å². The molecule has 0 unspecified atom stereocenters. The van der Waals surface area contributed by atoms with Crippen molar-refractivity contribution in [3.63, 3.8) is 0 Å². The normalized spacial score (nSPS) is 18.6. The first kappa shape index (κ1) is 29.4. The Bertz CT molecular complexity index is 1460. The molecular weight excluding hydrogens is 574 g/mol. The summed E-state index contributed by atoms with van der Waals surface area (Å²) in [6.45, 7) is -0.676. The maximum atomic E-state index is 14.6. The summed E-state index contributed by atoms with van der Waals surface area (Å²) in [4.78, 5) is 21.3. The molecule has 1 saturated heterocycles. The maximum absolute atomic E-state index is 14.6. The quantitative estimate of drug-likeness (QED) is 0.295. The molecule has 0 N–H and O–H groups in total. The Labute approximate surface area is 222 Å². The monoisotopic (exact) mass is 593 g/mol. The molecule has 214 valence electrons. The van der Waals surface area contributed by atoms with Crippen LogP contribution in [0.25, 0.3) is 0 Å². The number of benzene rings is 2. The van der Waals surface area contributed by atoms with E-state index in [2.05, 4.69) is 9.97 Å². The molecule has 4 rings (SSSR count). The summed E-state index contributed by atoms with van der Waals surface area (Å²) in [5.74, 6) is -1.30. The smallest absolute Gasteiger partial charge is 0.340 e. The standard InChI is InChI=1S/C25H19F8N3O3S/c26-19-5-7-20(8-6-19)40(38,39)22(9-10-36(14-22)21(37)11-16-12-34-15-35-13-16)17-1-3-18(4-2-17)23(27,24(28,29)30)25(31,32)33/h1-8,12-13,15H,9-11,14H2/t22-/m0/s1. The van der Waals surface area contributed by atoms with E-state index >= 15 is 0 Å². The molecule has 1 atom stereocenters. The zero-order valence-corrected chi connectivity index (χ0v) is 21.0. The number of amides is 1. The molecule has 1 amide bonds. The number of alkyl halides is 7. The lowest BCUT2D eigenvalue weighted by Crippen LogP contribution is -2.50. The van der Waals surface area contributed by atoms with E-state index in [1.165, 1.54) is 23.6 Å². The summed E-state index contributed by atoms with van der Waals surface area (Å²) >= 11 is 0. The topological polar surface area (TPSA) is 80.2 Å². The molecule has 0 bridgehead atoms. The summed E-state index contributed by atoms with van der Waals surface area (Å²) in [6.07, 6.45) is -9.27. The highest BCUT2D eigenvalue weighted by Crippen LogP contribution is 2.53. The maximum Gasteiger partial charge on any atom is 0.435 e. The molecule has 0 saturated carbocycles.